The number of ether oxygens (including phenoxy) is 2. The number of benzene rings is 1. The summed E-state index contributed by atoms with van der Waals surface area (Å²) in [6.45, 7) is 2.88. The van der Waals surface area contributed by atoms with E-state index in [1.54, 1.807) is 14.2 Å². The summed E-state index contributed by atoms with van der Waals surface area (Å²) in [6, 6.07) is 7.87. The molecule has 0 bridgehead atoms. The molecule has 0 aliphatic heterocycles. The molecule has 0 spiro atoms. The predicted octanol–water partition coefficient (Wildman–Crippen LogP) is 1.89. The minimum Gasteiger partial charge on any atom is -0.497 e. The maximum absolute atomic E-state index is 12.6. The molecule has 1 amide bonds. The molecule has 130 valence electrons. The minimum absolute atomic E-state index is 0. The third-order valence-corrected chi connectivity index (χ3v) is 4.35. The van der Waals surface area contributed by atoms with E-state index in [2.05, 4.69) is 10.6 Å². The SMILES string of the molecule is COCCNCCNC(=O)C1(c2ccc(OC)cc2)CCC1.Cl. The largest absolute Gasteiger partial charge is 0.497 e. The molecule has 0 saturated heterocycles. The Hall–Kier alpha value is -1.30. The predicted molar refractivity (Wildman–Crippen MR) is 93.5 cm³/mol. The summed E-state index contributed by atoms with van der Waals surface area (Å²) >= 11 is 0. The van der Waals surface area contributed by atoms with Crippen molar-refractivity contribution >= 4 is 18.3 Å². The molecular formula is C17H27ClN2O3. The molecule has 1 saturated carbocycles. The fraction of sp³-hybridized carbons (Fsp3) is 0.588. The number of methoxy groups -OCH3 is 2. The Balaban J connectivity index is 0.00000264. The molecule has 2 N–H and O–H groups in total. The number of hydrogen-bond donors (Lipinski definition) is 2. The molecule has 1 aliphatic rings. The fourth-order valence-corrected chi connectivity index (χ4v) is 2.82. The fourth-order valence-electron chi connectivity index (χ4n) is 2.82. The maximum atomic E-state index is 12.6. The van der Waals surface area contributed by atoms with Gasteiger partial charge in [0.15, 0.2) is 0 Å². The van der Waals surface area contributed by atoms with Gasteiger partial charge < -0.3 is 20.1 Å². The lowest BCUT2D eigenvalue weighted by Crippen LogP contribution is -2.50. The van der Waals surface area contributed by atoms with Crippen molar-refractivity contribution in [3.63, 3.8) is 0 Å². The van der Waals surface area contributed by atoms with Crippen molar-refractivity contribution < 1.29 is 14.3 Å². The van der Waals surface area contributed by atoms with Gasteiger partial charge in [0.2, 0.25) is 5.91 Å². The van der Waals surface area contributed by atoms with E-state index < -0.39 is 0 Å². The van der Waals surface area contributed by atoms with E-state index in [1.807, 2.05) is 24.3 Å². The molecular weight excluding hydrogens is 316 g/mol. The summed E-state index contributed by atoms with van der Waals surface area (Å²) in [6.07, 6.45) is 2.94. The second-order valence-electron chi connectivity index (χ2n) is 5.66. The highest BCUT2D eigenvalue weighted by atomic mass is 35.5. The second kappa shape index (κ2) is 9.75. The summed E-state index contributed by atoms with van der Waals surface area (Å²) in [4.78, 5) is 12.6. The standard InChI is InChI=1S/C17H26N2O3.ClH/c1-21-13-12-18-10-11-19-16(20)17(8-3-9-17)14-4-6-15(22-2)7-5-14;/h4-7,18H,3,8-13H2,1-2H3,(H,19,20);1H. The molecule has 2 rings (SSSR count). The highest BCUT2D eigenvalue weighted by Gasteiger charge is 2.45. The summed E-state index contributed by atoms with van der Waals surface area (Å²) in [5.41, 5.74) is 0.739. The van der Waals surface area contributed by atoms with E-state index in [1.165, 1.54) is 0 Å². The third kappa shape index (κ3) is 4.83. The molecule has 0 atom stereocenters. The Kier molecular flexibility index (Phi) is 8.37. The second-order valence-corrected chi connectivity index (χ2v) is 5.66. The van der Waals surface area contributed by atoms with Gasteiger partial charge in [-0.15, -0.1) is 12.4 Å². The number of hydrogen-bond acceptors (Lipinski definition) is 4. The Morgan fingerprint density at radius 3 is 2.35 bits per heavy atom. The normalized spacial score (nSPS) is 15.2. The number of amides is 1. The Morgan fingerprint density at radius 2 is 1.83 bits per heavy atom. The zero-order chi connectivity index (χ0) is 15.8. The molecule has 0 aromatic heterocycles. The van der Waals surface area contributed by atoms with Crippen LogP contribution >= 0.6 is 12.4 Å². The summed E-state index contributed by atoms with van der Waals surface area (Å²) in [5, 5.41) is 6.28. The average molecular weight is 343 g/mol. The van der Waals surface area contributed by atoms with E-state index >= 15 is 0 Å². The zero-order valence-electron chi connectivity index (χ0n) is 13.9. The van der Waals surface area contributed by atoms with Crippen LogP contribution in [-0.4, -0.2) is 46.4 Å². The number of rotatable bonds is 9. The van der Waals surface area contributed by atoms with Crippen molar-refractivity contribution in [2.24, 2.45) is 0 Å². The van der Waals surface area contributed by atoms with Gasteiger partial charge in [0.05, 0.1) is 19.1 Å². The Bertz CT molecular complexity index is 475. The smallest absolute Gasteiger partial charge is 0.230 e. The van der Waals surface area contributed by atoms with Gasteiger partial charge in [0.25, 0.3) is 0 Å². The first-order chi connectivity index (χ1) is 10.7. The summed E-state index contributed by atoms with van der Waals surface area (Å²) < 4.78 is 10.2. The van der Waals surface area contributed by atoms with Crippen molar-refractivity contribution in [3.05, 3.63) is 29.8 Å². The molecule has 1 aromatic carbocycles. The molecule has 0 heterocycles. The van der Waals surface area contributed by atoms with Gasteiger partial charge in [0, 0.05) is 26.7 Å². The van der Waals surface area contributed by atoms with Gasteiger partial charge in [-0.25, -0.2) is 0 Å². The molecule has 0 unspecified atom stereocenters. The van der Waals surface area contributed by atoms with Gasteiger partial charge in [-0.3, -0.25) is 4.79 Å². The van der Waals surface area contributed by atoms with E-state index in [4.69, 9.17) is 9.47 Å². The van der Waals surface area contributed by atoms with E-state index in [9.17, 15) is 4.79 Å². The van der Waals surface area contributed by atoms with Crippen LogP contribution in [0.5, 0.6) is 5.75 Å². The van der Waals surface area contributed by atoms with Gasteiger partial charge in [-0.1, -0.05) is 18.6 Å². The average Bonchev–Trinajstić information content (AvgIpc) is 2.50. The number of nitrogens with one attached hydrogen (secondary N) is 2. The minimum atomic E-state index is -0.348. The highest BCUT2D eigenvalue weighted by Crippen LogP contribution is 2.44. The van der Waals surface area contributed by atoms with Crippen LogP contribution in [0.3, 0.4) is 0 Å². The lowest BCUT2D eigenvalue weighted by molar-refractivity contribution is -0.129. The molecule has 5 nitrogen and oxygen atoms in total. The van der Waals surface area contributed by atoms with Crippen molar-refractivity contribution in [1.82, 2.24) is 10.6 Å². The van der Waals surface area contributed by atoms with Crippen molar-refractivity contribution in [2.45, 2.75) is 24.7 Å². The summed E-state index contributed by atoms with van der Waals surface area (Å²) in [5.74, 6) is 0.957. The zero-order valence-corrected chi connectivity index (χ0v) is 14.7. The Morgan fingerprint density at radius 1 is 1.13 bits per heavy atom. The van der Waals surface area contributed by atoms with Gasteiger partial charge in [0.1, 0.15) is 5.75 Å². The van der Waals surface area contributed by atoms with Gasteiger partial charge in [-0.05, 0) is 30.5 Å². The van der Waals surface area contributed by atoms with Crippen LogP contribution in [0, 0.1) is 0 Å². The quantitative estimate of drug-likeness (QED) is 0.673. The van der Waals surface area contributed by atoms with Crippen molar-refractivity contribution in [1.29, 1.82) is 0 Å². The van der Waals surface area contributed by atoms with E-state index in [0.29, 0.717) is 13.2 Å². The van der Waals surface area contributed by atoms with Crippen LogP contribution in [0.25, 0.3) is 0 Å². The van der Waals surface area contributed by atoms with E-state index in [0.717, 1.165) is 43.7 Å². The first kappa shape index (κ1) is 19.7. The topological polar surface area (TPSA) is 59.6 Å². The number of carbonyl (C=O) groups is 1. The van der Waals surface area contributed by atoms with Crippen LogP contribution in [0.1, 0.15) is 24.8 Å². The lowest BCUT2D eigenvalue weighted by atomic mass is 9.64. The maximum Gasteiger partial charge on any atom is 0.230 e. The van der Waals surface area contributed by atoms with Crippen molar-refractivity contribution in [3.8, 4) is 5.75 Å². The monoisotopic (exact) mass is 342 g/mol. The molecule has 1 aliphatic carbocycles. The van der Waals surface area contributed by atoms with Gasteiger partial charge >= 0.3 is 0 Å². The third-order valence-electron chi connectivity index (χ3n) is 4.35. The molecule has 0 radical (unpaired) electrons. The number of carbonyl (C=O) groups excluding carboxylic acids is 1. The van der Waals surface area contributed by atoms with Crippen LogP contribution in [-0.2, 0) is 14.9 Å². The lowest BCUT2D eigenvalue weighted by Gasteiger charge is -2.40. The van der Waals surface area contributed by atoms with Crippen LogP contribution < -0.4 is 15.4 Å². The highest BCUT2D eigenvalue weighted by molar-refractivity contribution is 5.89. The number of halogens is 1. The van der Waals surface area contributed by atoms with Gasteiger partial charge in [-0.2, -0.15) is 0 Å². The van der Waals surface area contributed by atoms with Crippen LogP contribution in [0.4, 0.5) is 0 Å². The molecule has 1 fully saturated rings. The van der Waals surface area contributed by atoms with Crippen LogP contribution in [0.15, 0.2) is 24.3 Å². The molecule has 23 heavy (non-hydrogen) atoms. The summed E-state index contributed by atoms with van der Waals surface area (Å²) in [7, 11) is 3.33. The Labute approximate surface area is 144 Å². The van der Waals surface area contributed by atoms with Crippen molar-refractivity contribution in [2.75, 3.05) is 40.5 Å². The first-order valence-corrected chi connectivity index (χ1v) is 7.85. The van der Waals surface area contributed by atoms with Crippen LogP contribution in [0.2, 0.25) is 0 Å². The molecule has 6 heteroatoms. The van der Waals surface area contributed by atoms with E-state index in [-0.39, 0.29) is 23.7 Å². The molecule has 1 aromatic rings. The first-order valence-electron chi connectivity index (χ1n) is 7.85.